The van der Waals surface area contributed by atoms with E-state index in [9.17, 15) is 29.7 Å². The largest absolute Gasteiger partial charge is 0.506 e. The number of ether oxygens (including phenoxy) is 4. The van der Waals surface area contributed by atoms with Gasteiger partial charge in [-0.3, -0.25) is 5.32 Å². The summed E-state index contributed by atoms with van der Waals surface area (Å²) in [6, 6.07) is 4.15. The zero-order valence-electron chi connectivity index (χ0n) is 21.0. The molecule has 1 fully saturated rings. The van der Waals surface area contributed by atoms with Crippen molar-refractivity contribution in [3.63, 3.8) is 0 Å². The lowest BCUT2D eigenvalue weighted by molar-refractivity contribution is -0.304. The Hall–Kier alpha value is -4.14. The van der Waals surface area contributed by atoms with Crippen LogP contribution < -0.4 is 15.7 Å². The summed E-state index contributed by atoms with van der Waals surface area (Å²) in [7, 11) is 1.37. The summed E-state index contributed by atoms with van der Waals surface area (Å²) in [5.74, 6) is -1.74. The number of aromatic carboxylic acids is 1. The highest BCUT2D eigenvalue weighted by atomic mass is 16.7. The molecule has 204 valence electrons. The SMILES string of the molecule is CO[C@@H]1[C@H](OC(=O)Nc2cc(C)on2)[C@@H](O)[C@H](Oc2ccc3c(O)c(C(=O)O)c(=O)oc3c2C)OC1(C)C. The predicted octanol–water partition coefficient (Wildman–Crippen LogP) is 2.31. The first-order valence-electron chi connectivity index (χ1n) is 11.3. The van der Waals surface area contributed by atoms with Crippen LogP contribution in [-0.2, 0) is 14.2 Å². The van der Waals surface area contributed by atoms with Gasteiger partial charge in [0.15, 0.2) is 23.6 Å². The van der Waals surface area contributed by atoms with Crippen molar-refractivity contribution < 1.29 is 52.8 Å². The van der Waals surface area contributed by atoms with Crippen molar-refractivity contribution in [2.75, 3.05) is 12.4 Å². The first-order chi connectivity index (χ1) is 17.8. The third-order valence-electron chi connectivity index (χ3n) is 6.08. The zero-order valence-corrected chi connectivity index (χ0v) is 21.0. The minimum Gasteiger partial charge on any atom is -0.506 e. The van der Waals surface area contributed by atoms with Crippen molar-refractivity contribution in [1.82, 2.24) is 5.16 Å². The van der Waals surface area contributed by atoms with E-state index in [4.69, 9.17) is 27.9 Å². The summed E-state index contributed by atoms with van der Waals surface area (Å²) in [5, 5.41) is 36.6. The second-order valence-electron chi connectivity index (χ2n) is 9.16. The molecule has 0 radical (unpaired) electrons. The third kappa shape index (κ3) is 4.88. The van der Waals surface area contributed by atoms with Crippen molar-refractivity contribution >= 4 is 28.8 Å². The van der Waals surface area contributed by atoms with Crippen molar-refractivity contribution in [2.24, 2.45) is 0 Å². The van der Waals surface area contributed by atoms with Crippen molar-refractivity contribution in [1.29, 1.82) is 0 Å². The number of aromatic hydroxyl groups is 1. The van der Waals surface area contributed by atoms with Gasteiger partial charge in [0, 0.05) is 18.7 Å². The summed E-state index contributed by atoms with van der Waals surface area (Å²) in [5.41, 5.74) is -3.18. The van der Waals surface area contributed by atoms with Gasteiger partial charge in [0.2, 0.25) is 6.29 Å². The Balaban J connectivity index is 1.63. The van der Waals surface area contributed by atoms with Gasteiger partial charge in [-0.1, -0.05) is 5.16 Å². The van der Waals surface area contributed by atoms with E-state index in [-0.39, 0.29) is 28.1 Å². The molecular formula is C24H26N2O12. The van der Waals surface area contributed by atoms with Crippen LogP contribution in [0.4, 0.5) is 10.6 Å². The lowest BCUT2D eigenvalue weighted by Gasteiger charge is -2.47. The molecule has 1 amide bonds. The van der Waals surface area contributed by atoms with Gasteiger partial charge in [0.1, 0.15) is 28.9 Å². The smallest absolute Gasteiger partial charge is 0.413 e. The predicted molar refractivity (Wildman–Crippen MR) is 127 cm³/mol. The fraction of sp³-hybridized carbons (Fsp3) is 0.417. The molecule has 14 heteroatoms. The Morgan fingerprint density at radius 2 is 1.92 bits per heavy atom. The number of nitrogens with one attached hydrogen (secondary N) is 1. The van der Waals surface area contributed by atoms with Gasteiger partial charge in [-0.25, -0.2) is 14.4 Å². The Morgan fingerprint density at radius 3 is 2.53 bits per heavy atom. The molecule has 1 aliphatic rings. The number of aliphatic hydroxyl groups is 1. The number of nitrogens with zero attached hydrogens (tertiary/aromatic N) is 1. The number of carbonyl (C=O) groups is 2. The number of hydrogen-bond acceptors (Lipinski definition) is 12. The van der Waals surface area contributed by atoms with Crippen LogP contribution in [0.3, 0.4) is 0 Å². The lowest BCUT2D eigenvalue weighted by Crippen LogP contribution is -2.65. The molecule has 14 nitrogen and oxygen atoms in total. The Kier molecular flexibility index (Phi) is 7.06. The minimum absolute atomic E-state index is 0.0299. The van der Waals surface area contributed by atoms with Crippen LogP contribution in [0.1, 0.15) is 35.5 Å². The molecule has 4 N–H and O–H groups in total. The maximum absolute atomic E-state index is 12.5. The number of hydrogen-bond donors (Lipinski definition) is 4. The number of fused-ring (bicyclic) bond motifs is 1. The van der Waals surface area contributed by atoms with Gasteiger partial charge < -0.3 is 43.2 Å². The molecule has 2 aromatic heterocycles. The molecule has 0 aliphatic carbocycles. The standard InChI is InChI=1S/C24H26N2O12/c1-9-8-13(26-38-9)25-23(32)36-18-16(28)22(37-24(3,4)19(18)33-5)34-12-7-6-11-15(27)14(20(29)30)21(31)35-17(11)10(12)2/h6-8,16,18-19,22,27-28H,1-5H3,(H,29,30)(H,25,26,32)/t16-,18-,19-,22-/m1/s1. The number of benzene rings is 1. The van der Waals surface area contributed by atoms with E-state index in [1.165, 1.54) is 32.2 Å². The molecule has 0 bridgehead atoms. The Morgan fingerprint density at radius 1 is 1.21 bits per heavy atom. The van der Waals surface area contributed by atoms with E-state index >= 15 is 0 Å². The van der Waals surface area contributed by atoms with Crippen LogP contribution in [-0.4, -0.2) is 69.9 Å². The number of methoxy groups -OCH3 is 1. The summed E-state index contributed by atoms with van der Waals surface area (Å²) < 4.78 is 32.8. The number of carbonyl (C=O) groups excluding carboxylic acids is 1. The number of amides is 1. The molecule has 1 aromatic carbocycles. The van der Waals surface area contributed by atoms with Crippen molar-refractivity contribution in [3.8, 4) is 11.5 Å². The molecule has 1 saturated heterocycles. The molecule has 0 unspecified atom stereocenters. The van der Waals surface area contributed by atoms with E-state index in [0.717, 1.165) is 0 Å². The van der Waals surface area contributed by atoms with Gasteiger partial charge in [-0.05, 0) is 39.8 Å². The molecule has 0 spiro atoms. The Labute approximate surface area is 214 Å². The van der Waals surface area contributed by atoms with Crippen molar-refractivity contribution in [3.05, 3.63) is 45.5 Å². The molecule has 4 atom stereocenters. The molecule has 3 heterocycles. The molecular weight excluding hydrogens is 508 g/mol. The molecule has 3 aromatic rings. The van der Waals surface area contributed by atoms with Crippen LogP contribution in [0.2, 0.25) is 0 Å². The fourth-order valence-electron chi connectivity index (χ4n) is 4.30. The average Bonchev–Trinajstić information content (AvgIpc) is 3.23. The maximum atomic E-state index is 12.5. The third-order valence-corrected chi connectivity index (χ3v) is 6.08. The average molecular weight is 534 g/mol. The number of aryl methyl sites for hydroxylation is 2. The van der Waals surface area contributed by atoms with Gasteiger partial charge in [-0.15, -0.1) is 0 Å². The van der Waals surface area contributed by atoms with Crippen LogP contribution in [0, 0.1) is 13.8 Å². The van der Waals surface area contributed by atoms with Gasteiger partial charge in [0.05, 0.1) is 11.0 Å². The fourth-order valence-corrected chi connectivity index (χ4v) is 4.30. The maximum Gasteiger partial charge on any atom is 0.413 e. The van der Waals surface area contributed by atoms with Gasteiger partial charge in [-0.2, -0.15) is 0 Å². The second-order valence-corrected chi connectivity index (χ2v) is 9.16. The number of aliphatic hydroxyl groups excluding tert-OH is 1. The van der Waals surface area contributed by atoms with Gasteiger partial charge >= 0.3 is 17.7 Å². The second kappa shape index (κ2) is 9.96. The lowest BCUT2D eigenvalue weighted by atomic mass is 9.89. The van der Waals surface area contributed by atoms with E-state index in [1.807, 2.05) is 0 Å². The molecule has 0 saturated carbocycles. The highest BCUT2D eigenvalue weighted by Crippen LogP contribution is 2.37. The number of carboxylic acid groups (broad SMARTS) is 1. The van der Waals surface area contributed by atoms with E-state index < -0.39 is 59.2 Å². The highest BCUT2D eigenvalue weighted by Gasteiger charge is 2.53. The number of anilines is 1. The van der Waals surface area contributed by atoms with Crippen LogP contribution in [0.5, 0.6) is 11.5 Å². The summed E-state index contributed by atoms with van der Waals surface area (Å²) >= 11 is 0. The normalized spacial score (nSPS) is 22.7. The topological polar surface area (TPSA) is 200 Å². The van der Waals surface area contributed by atoms with E-state index in [2.05, 4.69) is 10.5 Å². The quantitative estimate of drug-likeness (QED) is 0.336. The van der Waals surface area contributed by atoms with E-state index in [0.29, 0.717) is 5.76 Å². The zero-order chi connectivity index (χ0) is 27.9. The molecule has 4 rings (SSSR count). The monoisotopic (exact) mass is 534 g/mol. The highest BCUT2D eigenvalue weighted by molar-refractivity contribution is 5.98. The summed E-state index contributed by atoms with van der Waals surface area (Å²) in [4.78, 5) is 36.0. The van der Waals surface area contributed by atoms with E-state index in [1.54, 1.807) is 20.8 Å². The van der Waals surface area contributed by atoms with Crippen LogP contribution >= 0.6 is 0 Å². The Bertz CT molecular complexity index is 1440. The number of rotatable bonds is 6. The number of aromatic nitrogens is 1. The molecule has 38 heavy (non-hydrogen) atoms. The van der Waals surface area contributed by atoms with Crippen molar-refractivity contribution in [2.45, 2.75) is 57.9 Å². The first-order valence-corrected chi connectivity index (χ1v) is 11.3. The van der Waals surface area contributed by atoms with Crippen LogP contribution in [0.25, 0.3) is 11.0 Å². The summed E-state index contributed by atoms with van der Waals surface area (Å²) in [6.07, 6.45) is -6.05. The minimum atomic E-state index is -1.64. The first kappa shape index (κ1) is 26.9. The van der Waals surface area contributed by atoms with Gasteiger partial charge in [0.25, 0.3) is 0 Å². The summed E-state index contributed by atoms with van der Waals surface area (Å²) in [6.45, 7) is 6.44. The van der Waals surface area contributed by atoms with Crippen LogP contribution in [0.15, 0.2) is 31.9 Å². The molecule has 1 aliphatic heterocycles. The number of carboxylic acids is 1.